The van der Waals surface area contributed by atoms with Crippen LogP contribution in [-0.4, -0.2) is 40.1 Å². The first-order valence-corrected chi connectivity index (χ1v) is 11.5. The number of ether oxygens (including phenoxy) is 2. The van der Waals surface area contributed by atoms with Gasteiger partial charge in [-0.05, 0) is 61.4 Å². The van der Waals surface area contributed by atoms with E-state index in [-0.39, 0.29) is 11.9 Å². The minimum atomic E-state index is -0.294. The van der Waals surface area contributed by atoms with Crippen molar-refractivity contribution in [1.29, 1.82) is 0 Å². The van der Waals surface area contributed by atoms with Gasteiger partial charge in [-0.1, -0.05) is 13.8 Å². The van der Waals surface area contributed by atoms with Gasteiger partial charge in [0.1, 0.15) is 17.4 Å². The first kappa shape index (κ1) is 23.4. The van der Waals surface area contributed by atoms with Gasteiger partial charge in [0, 0.05) is 24.6 Å². The Balaban J connectivity index is 0.00000133. The second-order valence-corrected chi connectivity index (χ2v) is 7.55. The SMILES string of the molecule is CC.COc1ccc(Nc2nc(Nc3ccc(F)cc3)c3cnn(C4CCOCC4)c3n2)cc1. The zero-order chi connectivity index (χ0) is 23.9. The molecule has 2 N–H and O–H groups in total. The topological polar surface area (TPSA) is 86.1 Å². The number of rotatable bonds is 6. The maximum Gasteiger partial charge on any atom is 0.231 e. The van der Waals surface area contributed by atoms with Gasteiger partial charge in [0.05, 0.1) is 24.7 Å². The molecule has 1 aliphatic heterocycles. The van der Waals surface area contributed by atoms with Gasteiger partial charge in [-0.15, -0.1) is 0 Å². The van der Waals surface area contributed by atoms with Crippen molar-refractivity contribution in [3.05, 3.63) is 60.5 Å². The number of anilines is 4. The highest BCUT2D eigenvalue weighted by Gasteiger charge is 2.21. The molecule has 0 spiro atoms. The van der Waals surface area contributed by atoms with E-state index in [0.717, 1.165) is 41.0 Å². The third-order valence-corrected chi connectivity index (χ3v) is 5.44. The molecular weight excluding hydrogens is 435 g/mol. The highest BCUT2D eigenvalue weighted by Crippen LogP contribution is 2.30. The van der Waals surface area contributed by atoms with Crippen molar-refractivity contribution in [2.75, 3.05) is 31.0 Å². The Hall–Kier alpha value is -3.72. The molecule has 0 saturated carbocycles. The Labute approximate surface area is 198 Å². The van der Waals surface area contributed by atoms with Crippen LogP contribution in [0.1, 0.15) is 32.7 Å². The zero-order valence-electron chi connectivity index (χ0n) is 19.6. The van der Waals surface area contributed by atoms with Crippen molar-refractivity contribution in [1.82, 2.24) is 19.7 Å². The number of hydrogen-bond acceptors (Lipinski definition) is 7. The number of hydrogen-bond donors (Lipinski definition) is 2. The highest BCUT2D eigenvalue weighted by atomic mass is 19.1. The number of aromatic nitrogens is 4. The molecule has 0 amide bonds. The molecule has 0 atom stereocenters. The fourth-order valence-corrected chi connectivity index (χ4v) is 3.75. The number of fused-ring (bicyclic) bond motifs is 1. The van der Waals surface area contributed by atoms with E-state index >= 15 is 0 Å². The second-order valence-electron chi connectivity index (χ2n) is 7.55. The molecule has 5 rings (SSSR count). The minimum Gasteiger partial charge on any atom is -0.497 e. The van der Waals surface area contributed by atoms with Crippen molar-refractivity contribution in [3.8, 4) is 5.75 Å². The fourth-order valence-electron chi connectivity index (χ4n) is 3.75. The molecular formula is C25H29FN6O2. The normalized spacial score (nSPS) is 13.8. The summed E-state index contributed by atoms with van der Waals surface area (Å²) < 4.78 is 26.0. The maximum absolute atomic E-state index is 13.4. The number of halogens is 1. The van der Waals surface area contributed by atoms with E-state index in [2.05, 4.69) is 20.7 Å². The molecule has 2 aromatic heterocycles. The highest BCUT2D eigenvalue weighted by molar-refractivity contribution is 5.89. The van der Waals surface area contributed by atoms with E-state index in [9.17, 15) is 4.39 Å². The number of benzene rings is 2. The molecule has 178 valence electrons. The van der Waals surface area contributed by atoms with Crippen LogP contribution in [0.4, 0.5) is 27.5 Å². The summed E-state index contributed by atoms with van der Waals surface area (Å²) in [4.78, 5) is 9.45. The lowest BCUT2D eigenvalue weighted by atomic mass is 10.1. The molecule has 0 radical (unpaired) electrons. The van der Waals surface area contributed by atoms with Crippen LogP contribution in [0, 0.1) is 5.82 Å². The molecule has 0 bridgehead atoms. The van der Waals surface area contributed by atoms with Crippen molar-refractivity contribution < 1.29 is 13.9 Å². The lowest BCUT2D eigenvalue weighted by Gasteiger charge is -2.22. The third-order valence-electron chi connectivity index (χ3n) is 5.44. The third kappa shape index (κ3) is 5.26. The second kappa shape index (κ2) is 10.9. The van der Waals surface area contributed by atoms with Crippen LogP contribution in [0.15, 0.2) is 54.7 Å². The Morgan fingerprint density at radius 3 is 2.26 bits per heavy atom. The molecule has 2 aromatic carbocycles. The van der Waals surface area contributed by atoms with Crippen LogP contribution < -0.4 is 15.4 Å². The van der Waals surface area contributed by atoms with Crippen LogP contribution in [0.3, 0.4) is 0 Å². The zero-order valence-corrected chi connectivity index (χ0v) is 19.6. The van der Waals surface area contributed by atoms with Crippen molar-refractivity contribution in [2.24, 2.45) is 0 Å². The molecule has 9 heteroatoms. The monoisotopic (exact) mass is 464 g/mol. The predicted octanol–water partition coefficient (Wildman–Crippen LogP) is 5.84. The summed E-state index contributed by atoms with van der Waals surface area (Å²) in [7, 11) is 1.63. The lowest BCUT2D eigenvalue weighted by Crippen LogP contribution is -2.20. The van der Waals surface area contributed by atoms with Crippen molar-refractivity contribution >= 4 is 34.2 Å². The van der Waals surface area contributed by atoms with E-state index in [0.29, 0.717) is 25.0 Å². The first-order chi connectivity index (χ1) is 16.7. The van der Waals surface area contributed by atoms with Gasteiger partial charge < -0.3 is 20.1 Å². The molecule has 1 saturated heterocycles. The van der Waals surface area contributed by atoms with E-state index in [1.165, 1.54) is 12.1 Å². The lowest BCUT2D eigenvalue weighted by molar-refractivity contribution is 0.0673. The van der Waals surface area contributed by atoms with Crippen LogP contribution in [0.2, 0.25) is 0 Å². The summed E-state index contributed by atoms with van der Waals surface area (Å²) in [5, 5.41) is 12.0. The quantitative estimate of drug-likeness (QED) is 0.371. The molecule has 8 nitrogen and oxygen atoms in total. The van der Waals surface area contributed by atoms with Gasteiger partial charge in [0.2, 0.25) is 5.95 Å². The molecule has 3 heterocycles. The summed E-state index contributed by atoms with van der Waals surface area (Å²) in [5.41, 5.74) is 2.28. The van der Waals surface area contributed by atoms with Gasteiger partial charge in [-0.25, -0.2) is 9.07 Å². The number of nitrogens with one attached hydrogen (secondary N) is 2. The number of nitrogens with zero attached hydrogens (tertiary/aromatic N) is 4. The van der Waals surface area contributed by atoms with Gasteiger partial charge in [-0.3, -0.25) is 0 Å². The van der Waals surface area contributed by atoms with Gasteiger partial charge >= 0.3 is 0 Å². The Bertz CT molecular complexity index is 1200. The summed E-state index contributed by atoms with van der Waals surface area (Å²) in [5.74, 6) is 1.50. The van der Waals surface area contributed by atoms with Crippen LogP contribution in [0.5, 0.6) is 5.75 Å². The average Bonchev–Trinajstić information content (AvgIpc) is 3.32. The first-order valence-electron chi connectivity index (χ1n) is 11.5. The van der Waals surface area contributed by atoms with Crippen LogP contribution in [0.25, 0.3) is 11.0 Å². The van der Waals surface area contributed by atoms with Crippen LogP contribution in [-0.2, 0) is 4.74 Å². The van der Waals surface area contributed by atoms with E-state index in [1.807, 2.05) is 42.8 Å². The van der Waals surface area contributed by atoms with Crippen LogP contribution >= 0.6 is 0 Å². The Morgan fingerprint density at radius 1 is 0.941 bits per heavy atom. The van der Waals surface area contributed by atoms with E-state index in [1.54, 1.807) is 25.4 Å². The Morgan fingerprint density at radius 2 is 1.59 bits per heavy atom. The summed E-state index contributed by atoms with van der Waals surface area (Å²) >= 11 is 0. The number of methoxy groups -OCH3 is 1. The molecule has 4 aromatic rings. The molecule has 0 unspecified atom stereocenters. The smallest absolute Gasteiger partial charge is 0.231 e. The standard InChI is InChI=1S/C23H23FN6O2.C2H6/c1-31-19-8-6-17(7-9-19)27-23-28-21(26-16-4-2-15(24)3-5-16)20-14-25-30(22(20)29-23)18-10-12-32-13-11-18;1-2/h2-9,14,18H,10-13H2,1H3,(H2,26,27,28,29);1-2H3. The Kier molecular flexibility index (Phi) is 7.54. The van der Waals surface area contributed by atoms with E-state index < -0.39 is 0 Å². The predicted molar refractivity (Wildman–Crippen MR) is 132 cm³/mol. The average molecular weight is 465 g/mol. The summed E-state index contributed by atoms with van der Waals surface area (Å²) in [6.45, 7) is 5.41. The molecule has 1 fully saturated rings. The fraction of sp³-hybridized carbons (Fsp3) is 0.320. The molecule has 0 aliphatic carbocycles. The van der Waals surface area contributed by atoms with Gasteiger partial charge in [0.25, 0.3) is 0 Å². The van der Waals surface area contributed by atoms with Gasteiger partial charge in [-0.2, -0.15) is 15.1 Å². The van der Waals surface area contributed by atoms with Gasteiger partial charge in [0.15, 0.2) is 5.65 Å². The molecule has 1 aliphatic rings. The van der Waals surface area contributed by atoms with E-state index in [4.69, 9.17) is 14.5 Å². The minimum absolute atomic E-state index is 0.212. The largest absolute Gasteiger partial charge is 0.497 e. The maximum atomic E-state index is 13.4. The van der Waals surface area contributed by atoms with Crippen molar-refractivity contribution in [3.63, 3.8) is 0 Å². The summed E-state index contributed by atoms with van der Waals surface area (Å²) in [6, 6.07) is 13.9. The van der Waals surface area contributed by atoms with Crippen molar-refractivity contribution in [2.45, 2.75) is 32.7 Å². The summed E-state index contributed by atoms with van der Waals surface area (Å²) in [6.07, 6.45) is 3.53. The molecule has 34 heavy (non-hydrogen) atoms.